The molecule has 0 aliphatic carbocycles. The van der Waals surface area contributed by atoms with Crippen LogP contribution in [-0.4, -0.2) is 23.6 Å². The van der Waals surface area contributed by atoms with Crippen molar-refractivity contribution >= 4 is 17.6 Å². The van der Waals surface area contributed by atoms with Crippen LogP contribution in [0, 0.1) is 6.92 Å². The van der Waals surface area contributed by atoms with E-state index in [2.05, 4.69) is 5.32 Å². The molecule has 2 N–H and O–H groups in total. The molecule has 0 atom stereocenters. The number of carbonyl (C=O) groups excluding carboxylic acids is 1. The van der Waals surface area contributed by atoms with Crippen LogP contribution in [0.15, 0.2) is 34.7 Å². The molecule has 0 fully saturated rings. The maximum atomic E-state index is 12.3. The van der Waals surface area contributed by atoms with Gasteiger partial charge in [-0.1, -0.05) is 19.9 Å². The number of nitrogens with one attached hydrogen (secondary N) is 1. The first kappa shape index (κ1) is 16.6. The average molecular weight is 317 g/mol. The van der Waals surface area contributed by atoms with Gasteiger partial charge in [0.1, 0.15) is 17.3 Å². The topological polar surface area (TPSA) is 88.8 Å². The lowest BCUT2D eigenvalue weighted by atomic mass is 10.1. The predicted molar refractivity (Wildman–Crippen MR) is 85.1 cm³/mol. The molecule has 6 heteroatoms. The zero-order valence-corrected chi connectivity index (χ0v) is 13.3. The number of hydrogen-bond acceptors (Lipinski definition) is 4. The van der Waals surface area contributed by atoms with E-state index in [0.29, 0.717) is 22.8 Å². The standard InChI is InChI=1S/C17H19NO5/c1-10(2)15-8-14(11(3)23-15)17(21)18-12-5-4-6-13(7-12)22-9-16(19)20/h4-8,10H,9H2,1-3H3,(H,18,21)(H,19,20). The maximum Gasteiger partial charge on any atom is 0.341 e. The summed E-state index contributed by atoms with van der Waals surface area (Å²) in [5.41, 5.74) is 0.996. The van der Waals surface area contributed by atoms with Crippen molar-refractivity contribution in [3.63, 3.8) is 0 Å². The number of aryl methyl sites for hydroxylation is 1. The summed E-state index contributed by atoms with van der Waals surface area (Å²) in [7, 11) is 0. The third-order valence-electron chi connectivity index (χ3n) is 3.20. The van der Waals surface area contributed by atoms with E-state index in [0.717, 1.165) is 5.76 Å². The van der Waals surface area contributed by atoms with Crippen LogP contribution in [0.1, 0.15) is 41.6 Å². The highest BCUT2D eigenvalue weighted by Crippen LogP contribution is 2.23. The number of carbonyl (C=O) groups is 2. The first-order valence-electron chi connectivity index (χ1n) is 7.23. The van der Waals surface area contributed by atoms with Crippen LogP contribution in [0.25, 0.3) is 0 Å². The zero-order valence-electron chi connectivity index (χ0n) is 13.3. The van der Waals surface area contributed by atoms with Crippen LogP contribution >= 0.6 is 0 Å². The second kappa shape index (κ2) is 7.00. The van der Waals surface area contributed by atoms with Crippen molar-refractivity contribution in [3.8, 4) is 5.75 Å². The highest BCUT2D eigenvalue weighted by Gasteiger charge is 2.17. The Hall–Kier alpha value is -2.76. The van der Waals surface area contributed by atoms with Gasteiger partial charge in [0.05, 0.1) is 5.56 Å². The number of carboxylic acid groups (broad SMARTS) is 1. The summed E-state index contributed by atoms with van der Waals surface area (Å²) < 4.78 is 10.7. The molecule has 0 saturated carbocycles. The van der Waals surface area contributed by atoms with Crippen molar-refractivity contribution in [2.24, 2.45) is 0 Å². The number of rotatable bonds is 6. The number of furan rings is 1. The van der Waals surface area contributed by atoms with Crippen molar-refractivity contribution in [1.82, 2.24) is 0 Å². The monoisotopic (exact) mass is 317 g/mol. The van der Waals surface area contributed by atoms with Gasteiger partial charge in [0, 0.05) is 17.7 Å². The summed E-state index contributed by atoms with van der Waals surface area (Å²) in [4.78, 5) is 22.9. The third kappa shape index (κ3) is 4.35. The third-order valence-corrected chi connectivity index (χ3v) is 3.20. The molecule has 0 saturated heterocycles. The fraction of sp³-hybridized carbons (Fsp3) is 0.294. The quantitative estimate of drug-likeness (QED) is 0.852. The maximum absolute atomic E-state index is 12.3. The molecule has 23 heavy (non-hydrogen) atoms. The lowest BCUT2D eigenvalue weighted by molar-refractivity contribution is -0.139. The smallest absolute Gasteiger partial charge is 0.341 e. The Bertz CT molecular complexity index is 718. The molecule has 0 aliphatic rings. The molecule has 1 amide bonds. The molecular weight excluding hydrogens is 298 g/mol. The molecule has 0 aliphatic heterocycles. The van der Waals surface area contributed by atoms with Crippen LogP contribution in [0.3, 0.4) is 0 Å². The lowest BCUT2D eigenvalue weighted by Gasteiger charge is -2.07. The molecule has 1 aromatic heterocycles. The summed E-state index contributed by atoms with van der Waals surface area (Å²) in [6.07, 6.45) is 0. The van der Waals surface area contributed by atoms with Gasteiger partial charge in [0.2, 0.25) is 0 Å². The fourth-order valence-corrected chi connectivity index (χ4v) is 2.02. The molecular formula is C17H19NO5. The first-order chi connectivity index (χ1) is 10.9. The Morgan fingerprint density at radius 2 is 2.04 bits per heavy atom. The number of anilines is 1. The molecule has 0 spiro atoms. The van der Waals surface area contributed by atoms with E-state index >= 15 is 0 Å². The van der Waals surface area contributed by atoms with Crippen molar-refractivity contribution in [3.05, 3.63) is 47.4 Å². The summed E-state index contributed by atoms with van der Waals surface area (Å²) in [5, 5.41) is 11.4. The molecule has 0 radical (unpaired) electrons. The summed E-state index contributed by atoms with van der Waals surface area (Å²) >= 11 is 0. The second-order valence-electron chi connectivity index (χ2n) is 5.44. The SMILES string of the molecule is Cc1oc(C(C)C)cc1C(=O)Nc1cccc(OCC(=O)O)c1. The highest BCUT2D eigenvalue weighted by atomic mass is 16.5. The highest BCUT2D eigenvalue weighted by molar-refractivity contribution is 6.05. The summed E-state index contributed by atoms with van der Waals surface area (Å²) in [6.45, 7) is 5.29. The Balaban J connectivity index is 2.11. The van der Waals surface area contributed by atoms with Crippen molar-refractivity contribution in [2.45, 2.75) is 26.7 Å². The largest absolute Gasteiger partial charge is 0.482 e. The molecule has 2 aromatic rings. The zero-order chi connectivity index (χ0) is 17.0. The molecule has 2 rings (SSSR count). The molecule has 6 nitrogen and oxygen atoms in total. The van der Waals surface area contributed by atoms with E-state index in [1.807, 2.05) is 13.8 Å². The Kier molecular flexibility index (Phi) is 5.05. The Morgan fingerprint density at radius 1 is 1.30 bits per heavy atom. The van der Waals surface area contributed by atoms with Gasteiger partial charge in [0.25, 0.3) is 5.91 Å². The van der Waals surface area contributed by atoms with E-state index in [4.69, 9.17) is 14.3 Å². The molecule has 122 valence electrons. The number of ether oxygens (including phenoxy) is 1. The second-order valence-corrected chi connectivity index (χ2v) is 5.44. The van der Waals surface area contributed by atoms with Gasteiger partial charge in [-0.2, -0.15) is 0 Å². The molecule has 0 unspecified atom stereocenters. The number of carboxylic acids is 1. The predicted octanol–water partition coefficient (Wildman–Crippen LogP) is 3.43. The number of aliphatic carboxylic acids is 1. The van der Waals surface area contributed by atoms with Crippen LogP contribution in [0.4, 0.5) is 5.69 Å². The van der Waals surface area contributed by atoms with Gasteiger partial charge in [-0.3, -0.25) is 4.79 Å². The average Bonchev–Trinajstić information content (AvgIpc) is 2.88. The normalized spacial score (nSPS) is 10.6. The van der Waals surface area contributed by atoms with Gasteiger partial charge >= 0.3 is 5.97 Å². The fourth-order valence-electron chi connectivity index (χ4n) is 2.02. The molecule has 1 aromatic carbocycles. The number of amides is 1. The summed E-state index contributed by atoms with van der Waals surface area (Å²) in [5.74, 6) is 0.541. The minimum absolute atomic E-state index is 0.197. The van der Waals surface area contributed by atoms with Crippen LogP contribution < -0.4 is 10.1 Å². The first-order valence-corrected chi connectivity index (χ1v) is 7.23. The minimum atomic E-state index is -1.06. The summed E-state index contributed by atoms with van der Waals surface area (Å²) in [6, 6.07) is 8.30. The van der Waals surface area contributed by atoms with Gasteiger partial charge in [-0.25, -0.2) is 4.79 Å². The van der Waals surface area contributed by atoms with E-state index in [1.54, 1.807) is 37.3 Å². The molecule has 0 bridgehead atoms. The van der Waals surface area contributed by atoms with Gasteiger partial charge < -0.3 is 19.6 Å². The van der Waals surface area contributed by atoms with Crippen molar-refractivity contribution < 1.29 is 23.8 Å². The van der Waals surface area contributed by atoms with Crippen LogP contribution in [-0.2, 0) is 4.79 Å². The van der Waals surface area contributed by atoms with E-state index < -0.39 is 12.6 Å². The van der Waals surface area contributed by atoms with Gasteiger partial charge in [-0.15, -0.1) is 0 Å². The number of hydrogen-bond donors (Lipinski definition) is 2. The van der Waals surface area contributed by atoms with Crippen molar-refractivity contribution in [2.75, 3.05) is 11.9 Å². The van der Waals surface area contributed by atoms with E-state index in [9.17, 15) is 9.59 Å². The van der Waals surface area contributed by atoms with Gasteiger partial charge in [0.15, 0.2) is 6.61 Å². The van der Waals surface area contributed by atoms with Gasteiger partial charge in [-0.05, 0) is 25.1 Å². The number of benzene rings is 1. The Labute approximate surface area is 134 Å². The van der Waals surface area contributed by atoms with Crippen LogP contribution in [0.5, 0.6) is 5.75 Å². The van der Waals surface area contributed by atoms with E-state index in [1.165, 1.54) is 0 Å². The van der Waals surface area contributed by atoms with E-state index in [-0.39, 0.29) is 11.8 Å². The molecule has 1 heterocycles. The lowest BCUT2D eigenvalue weighted by Crippen LogP contribution is -2.13. The minimum Gasteiger partial charge on any atom is -0.482 e. The Morgan fingerprint density at radius 3 is 2.65 bits per heavy atom. The van der Waals surface area contributed by atoms with Crippen LogP contribution in [0.2, 0.25) is 0 Å². The van der Waals surface area contributed by atoms with Crippen molar-refractivity contribution in [1.29, 1.82) is 0 Å².